The summed E-state index contributed by atoms with van der Waals surface area (Å²) in [6.07, 6.45) is 2.06. The van der Waals surface area contributed by atoms with E-state index in [9.17, 15) is 5.11 Å². The average molecular weight is 346 g/mol. The number of hydrogen-bond acceptors (Lipinski definition) is 4. The van der Waals surface area contributed by atoms with E-state index in [2.05, 4.69) is 35.2 Å². The second-order valence-corrected chi connectivity index (χ2v) is 7.24. The van der Waals surface area contributed by atoms with Gasteiger partial charge in [0, 0.05) is 17.5 Å². The van der Waals surface area contributed by atoms with Crippen molar-refractivity contribution in [3.8, 4) is 0 Å². The fourth-order valence-electron chi connectivity index (χ4n) is 4.47. The molecule has 132 valence electrons. The van der Waals surface area contributed by atoms with Gasteiger partial charge >= 0.3 is 0 Å². The molecule has 0 radical (unpaired) electrons. The summed E-state index contributed by atoms with van der Waals surface area (Å²) in [6, 6.07) is 18.7. The summed E-state index contributed by atoms with van der Waals surface area (Å²) in [6.45, 7) is 2.24. The van der Waals surface area contributed by atoms with Gasteiger partial charge < -0.3 is 14.7 Å². The maximum atomic E-state index is 9.93. The Morgan fingerprint density at radius 1 is 1.12 bits per heavy atom. The Morgan fingerprint density at radius 2 is 1.96 bits per heavy atom. The van der Waals surface area contributed by atoms with Gasteiger partial charge in [-0.1, -0.05) is 42.5 Å². The summed E-state index contributed by atoms with van der Waals surface area (Å²) >= 11 is 0. The molecule has 4 heteroatoms. The van der Waals surface area contributed by atoms with E-state index >= 15 is 0 Å². The van der Waals surface area contributed by atoms with Crippen molar-refractivity contribution in [2.45, 2.75) is 25.0 Å². The number of benzene rings is 2. The highest BCUT2D eigenvalue weighted by atomic mass is 16.5. The molecule has 1 aliphatic heterocycles. The molecule has 3 aromatic rings. The number of para-hydroxylation sites is 1. The third-order valence-corrected chi connectivity index (χ3v) is 5.74. The van der Waals surface area contributed by atoms with Crippen molar-refractivity contribution in [2.75, 3.05) is 24.6 Å². The highest BCUT2D eigenvalue weighted by molar-refractivity contribution is 5.81. The van der Waals surface area contributed by atoms with Gasteiger partial charge in [-0.2, -0.15) is 0 Å². The zero-order chi connectivity index (χ0) is 17.6. The van der Waals surface area contributed by atoms with Crippen molar-refractivity contribution in [1.29, 1.82) is 0 Å². The number of aliphatic hydroxyl groups is 1. The average Bonchev–Trinajstić information content (AvgIpc) is 3.05. The summed E-state index contributed by atoms with van der Waals surface area (Å²) in [5, 5.41) is 11.0. The molecule has 1 spiro atoms. The summed E-state index contributed by atoms with van der Waals surface area (Å²) in [5.74, 6) is 0.887. The topological polar surface area (TPSA) is 45.6 Å². The minimum Gasteiger partial charge on any atom is -0.392 e. The van der Waals surface area contributed by atoms with Crippen LogP contribution in [0.15, 0.2) is 54.6 Å². The number of fused-ring (bicyclic) bond motifs is 3. The summed E-state index contributed by atoms with van der Waals surface area (Å²) in [5.41, 5.74) is 4.30. The van der Waals surface area contributed by atoms with Gasteiger partial charge in [0.25, 0.3) is 0 Å². The van der Waals surface area contributed by atoms with Crippen LogP contribution in [-0.4, -0.2) is 29.8 Å². The zero-order valence-corrected chi connectivity index (χ0v) is 14.7. The van der Waals surface area contributed by atoms with Crippen LogP contribution >= 0.6 is 0 Å². The van der Waals surface area contributed by atoms with Gasteiger partial charge in [-0.15, -0.1) is 0 Å². The van der Waals surface area contributed by atoms with E-state index in [0.717, 1.165) is 48.2 Å². The van der Waals surface area contributed by atoms with E-state index in [-0.39, 0.29) is 12.2 Å². The normalized spacial score (nSPS) is 22.1. The maximum Gasteiger partial charge on any atom is 0.135 e. The molecular formula is C22H22N2O2. The van der Waals surface area contributed by atoms with Crippen LogP contribution in [0.3, 0.4) is 0 Å². The van der Waals surface area contributed by atoms with Crippen LogP contribution in [0.5, 0.6) is 0 Å². The minimum atomic E-state index is -0.255. The third kappa shape index (κ3) is 2.41. The Bertz CT molecular complexity index is 967. The van der Waals surface area contributed by atoms with Crippen LogP contribution in [0.4, 0.5) is 5.82 Å². The Morgan fingerprint density at radius 3 is 2.88 bits per heavy atom. The Kier molecular flexibility index (Phi) is 3.69. The minimum absolute atomic E-state index is 0.00584. The maximum absolute atomic E-state index is 9.93. The molecule has 1 saturated heterocycles. The molecule has 1 fully saturated rings. The fourth-order valence-corrected chi connectivity index (χ4v) is 4.47. The smallest absolute Gasteiger partial charge is 0.135 e. The first-order valence-corrected chi connectivity index (χ1v) is 9.26. The molecule has 1 aromatic heterocycles. The van der Waals surface area contributed by atoms with Gasteiger partial charge in [0.2, 0.25) is 0 Å². The molecule has 5 rings (SSSR count). The van der Waals surface area contributed by atoms with Crippen LogP contribution in [-0.2, 0) is 23.4 Å². The van der Waals surface area contributed by atoms with Crippen LogP contribution in [0, 0.1) is 0 Å². The SMILES string of the molecule is OCc1cc2ccccc2nc1N1CCOC2(CCc3ccccc32)C1. The number of ether oxygens (including phenoxy) is 1. The van der Waals surface area contributed by atoms with E-state index in [1.54, 1.807) is 0 Å². The van der Waals surface area contributed by atoms with E-state index in [1.165, 1.54) is 11.1 Å². The highest BCUT2D eigenvalue weighted by Gasteiger charge is 2.43. The molecule has 26 heavy (non-hydrogen) atoms. The number of anilines is 1. The predicted octanol–water partition coefficient (Wildman–Crippen LogP) is 3.41. The molecule has 0 amide bonds. The van der Waals surface area contributed by atoms with Gasteiger partial charge in [-0.05, 0) is 36.1 Å². The lowest BCUT2D eigenvalue weighted by Crippen LogP contribution is -2.49. The zero-order valence-electron chi connectivity index (χ0n) is 14.7. The molecule has 4 nitrogen and oxygen atoms in total. The second-order valence-electron chi connectivity index (χ2n) is 7.24. The second kappa shape index (κ2) is 6.08. The summed E-state index contributed by atoms with van der Waals surface area (Å²) < 4.78 is 6.33. The van der Waals surface area contributed by atoms with Crippen LogP contribution < -0.4 is 4.90 Å². The lowest BCUT2D eigenvalue weighted by molar-refractivity contribution is -0.0594. The summed E-state index contributed by atoms with van der Waals surface area (Å²) in [4.78, 5) is 7.19. The fraction of sp³-hybridized carbons (Fsp3) is 0.318. The van der Waals surface area contributed by atoms with Crippen molar-refractivity contribution in [3.05, 3.63) is 71.3 Å². The van der Waals surface area contributed by atoms with Crippen molar-refractivity contribution >= 4 is 16.7 Å². The number of nitrogens with zero attached hydrogens (tertiary/aromatic N) is 2. The molecule has 2 aliphatic rings. The molecule has 2 heterocycles. The first-order chi connectivity index (χ1) is 12.8. The van der Waals surface area contributed by atoms with E-state index in [1.807, 2.05) is 24.3 Å². The lowest BCUT2D eigenvalue weighted by Gasteiger charge is -2.42. The monoisotopic (exact) mass is 346 g/mol. The standard InChI is InChI=1S/C22H22N2O2/c25-14-18-13-17-6-2-4-8-20(17)23-21(18)24-11-12-26-22(15-24)10-9-16-5-1-3-7-19(16)22/h1-8,13,25H,9-12,14-15H2. The molecule has 1 aliphatic carbocycles. The quantitative estimate of drug-likeness (QED) is 0.772. The van der Waals surface area contributed by atoms with Crippen LogP contribution in [0.25, 0.3) is 10.9 Å². The van der Waals surface area contributed by atoms with Gasteiger partial charge in [0.1, 0.15) is 11.4 Å². The van der Waals surface area contributed by atoms with Crippen molar-refractivity contribution in [3.63, 3.8) is 0 Å². The third-order valence-electron chi connectivity index (χ3n) is 5.74. The predicted molar refractivity (Wildman–Crippen MR) is 102 cm³/mol. The molecule has 1 unspecified atom stereocenters. The number of pyridine rings is 1. The number of rotatable bonds is 2. The number of aromatic nitrogens is 1. The number of aryl methyl sites for hydroxylation is 1. The molecule has 0 saturated carbocycles. The number of morpholine rings is 1. The van der Waals surface area contributed by atoms with Crippen molar-refractivity contribution < 1.29 is 9.84 Å². The van der Waals surface area contributed by atoms with Gasteiger partial charge in [0.05, 0.1) is 25.3 Å². The van der Waals surface area contributed by atoms with E-state index in [0.29, 0.717) is 6.61 Å². The van der Waals surface area contributed by atoms with E-state index < -0.39 is 0 Å². The van der Waals surface area contributed by atoms with Crippen LogP contribution in [0.1, 0.15) is 23.1 Å². The Hall–Kier alpha value is -2.43. The van der Waals surface area contributed by atoms with E-state index in [4.69, 9.17) is 9.72 Å². The van der Waals surface area contributed by atoms with Crippen LogP contribution in [0.2, 0.25) is 0 Å². The lowest BCUT2D eigenvalue weighted by atomic mass is 9.93. The largest absolute Gasteiger partial charge is 0.392 e. The first-order valence-electron chi connectivity index (χ1n) is 9.26. The highest BCUT2D eigenvalue weighted by Crippen LogP contribution is 2.43. The molecule has 2 aromatic carbocycles. The Labute approximate surface area is 153 Å². The van der Waals surface area contributed by atoms with Gasteiger partial charge in [0.15, 0.2) is 0 Å². The number of hydrogen-bond donors (Lipinski definition) is 1. The van der Waals surface area contributed by atoms with Crippen molar-refractivity contribution in [2.24, 2.45) is 0 Å². The molecular weight excluding hydrogens is 324 g/mol. The molecule has 1 N–H and O–H groups in total. The molecule has 1 atom stereocenters. The first kappa shape index (κ1) is 15.8. The van der Waals surface area contributed by atoms with Crippen molar-refractivity contribution in [1.82, 2.24) is 4.98 Å². The Balaban J connectivity index is 1.56. The summed E-state index contributed by atoms with van der Waals surface area (Å²) in [7, 11) is 0. The molecule has 0 bridgehead atoms. The van der Waals surface area contributed by atoms with Gasteiger partial charge in [-0.25, -0.2) is 4.98 Å². The van der Waals surface area contributed by atoms with Gasteiger partial charge in [-0.3, -0.25) is 0 Å². The number of aliphatic hydroxyl groups excluding tert-OH is 1.